The van der Waals surface area contributed by atoms with E-state index in [1.807, 2.05) is 0 Å². The number of carboxylic acids is 1. The van der Waals surface area contributed by atoms with E-state index in [2.05, 4.69) is 0 Å². The molecule has 11 nitrogen and oxygen atoms in total. The maximum atomic E-state index is 15.5. The van der Waals surface area contributed by atoms with Crippen LogP contribution in [-0.2, 0) is 32.2 Å². The monoisotopic (exact) mass is 655 g/mol. The Morgan fingerprint density at radius 3 is 2.28 bits per heavy atom. The van der Waals surface area contributed by atoms with Crippen LogP contribution in [0.25, 0.3) is 10.1 Å². The highest BCUT2D eigenvalue weighted by Crippen LogP contribution is 2.36. The second kappa shape index (κ2) is 14.2. The lowest BCUT2D eigenvalue weighted by Gasteiger charge is -2.20. The molecule has 0 bridgehead atoms. The van der Waals surface area contributed by atoms with Crippen LogP contribution in [0.4, 0.5) is 4.39 Å². The smallest absolute Gasteiger partial charge is 0.306 e. The van der Waals surface area contributed by atoms with E-state index in [0.717, 1.165) is 22.5 Å². The topological polar surface area (TPSA) is 154 Å². The maximum absolute atomic E-state index is 15.5. The third kappa shape index (κ3) is 8.13. The molecule has 13 heteroatoms. The molecule has 1 aromatic heterocycles. The molecule has 3 aromatic rings. The van der Waals surface area contributed by atoms with Gasteiger partial charge in [-0.05, 0) is 56.2 Å². The predicted octanol–water partition coefficient (Wildman–Crippen LogP) is 5.52. The fraction of sp³-hybridized carbons (Fsp3) is 0.394. The number of methoxy groups -OCH3 is 1. The summed E-state index contributed by atoms with van der Waals surface area (Å²) in [6.07, 6.45) is -0.444. The zero-order valence-corrected chi connectivity index (χ0v) is 26.7. The van der Waals surface area contributed by atoms with Gasteiger partial charge >= 0.3 is 11.9 Å². The number of ketones is 2. The number of aliphatic carboxylic acids is 1. The molecular formula is C33H34FNO10S. The number of nitrogens with zero attached hydrogens (tertiary/aromatic N) is 1. The van der Waals surface area contributed by atoms with Crippen LogP contribution in [0, 0.1) is 5.82 Å². The van der Waals surface area contributed by atoms with Gasteiger partial charge in [-0.15, -0.1) is 11.3 Å². The Labute approximate surface area is 268 Å². The zero-order valence-electron chi connectivity index (χ0n) is 25.9. The SMILES string of the molecule is COc1cc2c(cc1C(=O)CCOc1c(C=O)cc3sc(C(=O)CCC(=O)O)cc3c1F)CN(C(=O)CCC(=O)OC(C)(C)C)C2. The van der Waals surface area contributed by atoms with Gasteiger partial charge in [-0.25, -0.2) is 4.39 Å². The highest BCUT2D eigenvalue weighted by atomic mass is 32.1. The molecule has 4 rings (SSSR count). The van der Waals surface area contributed by atoms with E-state index >= 15 is 4.39 Å². The van der Waals surface area contributed by atoms with Gasteiger partial charge in [-0.1, -0.05) is 0 Å². The lowest BCUT2D eigenvalue weighted by atomic mass is 10.0. The molecule has 0 fully saturated rings. The summed E-state index contributed by atoms with van der Waals surface area (Å²) in [7, 11) is 1.41. The van der Waals surface area contributed by atoms with Crippen LogP contribution in [-0.4, -0.2) is 65.0 Å². The molecule has 244 valence electrons. The summed E-state index contributed by atoms with van der Waals surface area (Å²) in [5, 5.41) is 8.87. The minimum absolute atomic E-state index is 0.0119. The lowest BCUT2D eigenvalue weighted by molar-refractivity contribution is -0.156. The molecule has 1 N–H and O–H groups in total. The van der Waals surface area contributed by atoms with Crippen LogP contribution in [0.5, 0.6) is 11.5 Å². The van der Waals surface area contributed by atoms with Crippen LogP contribution in [0.15, 0.2) is 24.3 Å². The summed E-state index contributed by atoms with van der Waals surface area (Å²) in [5.41, 5.74) is 1.06. The van der Waals surface area contributed by atoms with Crippen molar-refractivity contribution in [2.24, 2.45) is 0 Å². The van der Waals surface area contributed by atoms with Crippen molar-refractivity contribution >= 4 is 57.1 Å². The molecule has 1 aliphatic heterocycles. The van der Waals surface area contributed by atoms with Gasteiger partial charge < -0.3 is 24.2 Å². The van der Waals surface area contributed by atoms with Crippen molar-refractivity contribution in [2.75, 3.05) is 13.7 Å². The van der Waals surface area contributed by atoms with Gasteiger partial charge in [0, 0.05) is 42.4 Å². The van der Waals surface area contributed by atoms with Crippen molar-refractivity contribution in [2.45, 2.75) is 71.6 Å². The van der Waals surface area contributed by atoms with Crippen LogP contribution < -0.4 is 9.47 Å². The molecule has 0 saturated heterocycles. The summed E-state index contributed by atoms with van der Waals surface area (Å²) in [6, 6.07) is 6.02. The molecule has 0 atom stereocenters. The summed E-state index contributed by atoms with van der Waals surface area (Å²) < 4.78 is 32.1. The van der Waals surface area contributed by atoms with E-state index in [1.54, 1.807) is 37.8 Å². The van der Waals surface area contributed by atoms with Crippen molar-refractivity contribution in [3.63, 3.8) is 0 Å². The maximum Gasteiger partial charge on any atom is 0.306 e. The Kier molecular flexibility index (Phi) is 10.6. The third-order valence-corrected chi connectivity index (χ3v) is 8.27. The van der Waals surface area contributed by atoms with Gasteiger partial charge in [0.15, 0.2) is 29.4 Å². The molecule has 1 amide bonds. The molecule has 0 spiro atoms. The normalized spacial score (nSPS) is 12.5. The van der Waals surface area contributed by atoms with Gasteiger partial charge in [0.1, 0.15) is 11.4 Å². The molecule has 0 saturated carbocycles. The minimum Gasteiger partial charge on any atom is -0.496 e. The zero-order chi connectivity index (χ0) is 33.8. The summed E-state index contributed by atoms with van der Waals surface area (Å²) in [6.45, 7) is 5.53. The number of carbonyl (C=O) groups is 6. The molecule has 0 radical (unpaired) electrons. The second-order valence-corrected chi connectivity index (χ2v) is 12.8. The number of esters is 1. The number of hydrogen-bond acceptors (Lipinski definition) is 10. The fourth-order valence-electron chi connectivity index (χ4n) is 4.99. The van der Waals surface area contributed by atoms with Crippen LogP contribution >= 0.6 is 11.3 Å². The summed E-state index contributed by atoms with van der Waals surface area (Å²) in [4.78, 5) is 74.7. The molecule has 46 heavy (non-hydrogen) atoms. The number of halogens is 1. The van der Waals surface area contributed by atoms with Crippen molar-refractivity contribution < 1.29 is 52.5 Å². The van der Waals surface area contributed by atoms with E-state index in [0.29, 0.717) is 23.3 Å². The Hall–Kier alpha value is -4.65. The quantitative estimate of drug-likeness (QED) is 0.133. The average molecular weight is 656 g/mol. The van der Waals surface area contributed by atoms with E-state index in [-0.39, 0.29) is 84.1 Å². The first-order valence-corrected chi connectivity index (χ1v) is 15.3. The van der Waals surface area contributed by atoms with Crippen LogP contribution in [0.1, 0.15) is 94.4 Å². The molecule has 2 aromatic carbocycles. The van der Waals surface area contributed by atoms with Crippen molar-refractivity contribution in [3.8, 4) is 11.5 Å². The van der Waals surface area contributed by atoms with Crippen LogP contribution in [0.2, 0.25) is 0 Å². The third-order valence-electron chi connectivity index (χ3n) is 7.15. The standard InChI is InChI=1S/C33H34FNO10S/c1-33(2,3)45-30(42)8-6-28(39)35-15-18-11-21(25(43-4)12-19(18)16-35)23(37)9-10-44-32-20(17-36)13-26-22(31(32)34)14-27(46-26)24(38)5-7-29(40)41/h11-14,17H,5-10,15-16H2,1-4H3,(H,40,41). The predicted molar refractivity (Wildman–Crippen MR) is 165 cm³/mol. The van der Waals surface area contributed by atoms with Crippen LogP contribution in [0.3, 0.4) is 0 Å². The van der Waals surface area contributed by atoms with Gasteiger partial charge in [0.05, 0.1) is 42.6 Å². The number of carboxylic acid groups (broad SMARTS) is 1. The van der Waals surface area contributed by atoms with E-state index in [9.17, 15) is 28.8 Å². The number of ether oxygens (including phenoxy) is 3. The largest absolute Gasteiger partial charge is 0.496 e. The average Bonchev–Trinajstić information content (AvgIpc) is 3.62. The van der Waals surface area contributed by atoms with Crippen molar-refractivity contribution in [1.82, 2.24) is 4.90 Å². The van der Waals surface area contributed by atoms with Crippen molar-refractivity contribution in [3.05, 3.63) is 57.2 Å². The summed E-state index contributed by atoms with van der Waals surface area (Å²) >= 11 is 0.947. The van der Waals surface area contributed by atoms with Gasteiger partial charge in [-0.3, -0.25) is 28.8 Å². The Balaban J connectivity index is 1.42. The van der Waals surface area contributed by atoms with E-state index in [1.165, 1.54) is 19.2 Å². The molecule has 0 unspecified atom stereocenters. The number of aldehydes is 1. The first-order valence-electron chi connectivity index (χ1n) is 14.5. The molecule has 1 aliphatic rings. The number of hydrogen-bond donors (Lipinski definition) is 1. The number of benzene rings is 2. The Morgan fingerprint density at radius 1 is 0.957 bits per heavy atom. The first kappa shape index (κ1) is 34.2. The van der Waals surface area contributed by atoms with Gasteiger partial charge in [0.2, 0.25) is 5.91 Å². The highest BCUT2D eigenvalue weighted by Gasteiger charge is 2.28. The number of Topliss-reactive ketones (excluding diaryl/α,β-unsaturated/α-hetero) is 2. The number of amides is 1. The second-order valence-electron chi connectivity index (χ2n) is 11.7. The fourth-order valence-corrected chi connectivity index (χ4v) is 6.06. The van der Waals surface area contributed by atoms with Gasteiger partial charge in [-0.2, -0.15) is 0 Å². The first-order chi connectivity index (χ1) is 21.7. The Bertz CT molecular complexity index is 1720. The minimum atomic E-state index is -1.13. The number of carbonyl (C=O) groups excluding carboxylic acids is 5. The molecular weight excluding hydrogens is 621 g/mol. The van der Waals surface area contributed by atoms with E-state index < -0.39 is 29.1 Å². The summed E-state index contributed by atoms with van der Waals surface area (Å²) in [5.74, 6) is -3.58. The molecule has 2 heterocycles. The highest BCUT2D eigenvalue weighted by molar-refractivity contribution is 7.20. The molecule has 0 aliphatic carbocycles. The van der Waals surface area contributed by atoms with Gasteiger partial charge in [0.25, 0.3) is 0 Å². The van der Waals surface area contributed by atoms with E-state index in [4.69, 9.17) is 19.3 Å². The number of rotatable bonds is 14. The van der Waals surface area contributed by atoms with Crippen molar-refractivity contribution in [1.29, 1.82) is 0 Å². The Morgan fingerprint density at radius 2 is 1.65 bits per heavy atom. The number of fused-ring (bicyclic) bond motifs is 2. The number of thiophene rings is 1. The lowest BCUT2D eigenvalue weighted by Crippen LogP contribution is -2.28.